The zero-order valence-corrected chi connectivity index (χ0v) is 13.7. The van der Waals surface area contributed by atoms with E-state index in [4.69, 9.17) is 4.74 Å². The minimum Gasteiger partial charge on any atom is -0.477 e. The van der Waals surface area contributed by atoms with Gasteiger partial charge in [-0.3, -0.25) is 4.79 Å². The van der Waals surface area contributed by atoms with Gasteiger partial charge in [0.25, 0.3) is 0 Å². The SMILES string of the molecule is O=C(O)C1=C(Nc2ccc(F)cc2)O/C(=C\c2c[nH]c3ncccc23)C1=O. The number of carbonyl (C=O) groups excluding carboxylic acids is 1. The molecule has 3 aromatic rings. The van der Waals surface area contributed by atoms with E-state index in [1.165, 1.54) is 30.3 Å². The highest BCUT2D eigenvalue weighted by Gasteiger charge is 2.36. The van der Waals surface area contributed by atoms with Crippen LogP contribution in [0.2, 0.25) is 0 Å². The fraction of sp³-hybridized carbons (Fsp3) is 0. The molecule has 0 aliphatic carbocycles. The van der Waals surface area contributed by atoms with E-state index in [1.807, 2.05) is 6.07 Å². The van der Waals surface area contributed by atoms with Crippen LogP contribution in [0.3, 0.4) is 0 Å². The first-order valence-corrected chi connectivity index (χ1v) is 7.89. The van der Waals surface area contributed by atoms with Gasteiger partial charge in [-0.1, -0.05) is 0 Å². The van der Waals surface area contributed by atoms with Gasteiger partial charge in [0.2, 0.25) is 11.7 Å². The van der Waals surface area contributed by atoms with Crippen molar-refractivity contribution in [1.29, 1.82) is 0 Å². The number of aromatic amines is 1. The molecule has 1 aliphatic rings. The van der Waals surface area contributed by atoms with Crippen LogP contribution in [0, 0.1) is 5.82 Å². The quantitative estimate of drug-likeness (QED) is 0.485. The largest absolute Gasteiger partial charge is 0.477 e. The van der Waals surface area contributed by atoms with Crippen molar-refractivity contribution in [2.45, 2.75) is 0 Å². The highest BCUT2D eigenvalue weighted by molar-refractivity contribution is 6.26. The molecule has 0 amide bonds. The molecule has 134 valence electrons. The van der Waals surface area contributed by atoms with Crippen molar-refractivity contribution in [3.63, 3.8) is 0 Å². The van der Waals surface area contributed by atoms with Gasteiger partial charge in [-0.15, -0.1) is 0 Å². The van der Waals surface area contributed by atoms with Crippen LogP contribution in [0.25, 0.3) is 17.1 Å². The molecule has 27 heavy (non-hydrogen) atoms. The Morgan fingerprint density at radius 2 is 2.04 bits per heavy atom. The number of halogens is 1. The number of carbonyl (C=O) groups is 2. The minimum atomic E-state index is -1.42. The third-order valence-corrected chi connectivity index (χ3v) is 3.98. The van der Waals surface area contributed by atoms with Gasteiger partial charge in [-0.05, 0) is 42.5 Å². The smallest absolute Gasteiger partial charge is 0.345 e. The van der Waals surface area contributed by atoms with Crippen molar-refractivity contribution in [3.05, 3.63) is 77.4 Å². The molecule has 2 aromatic heterocycles. The van der Waals surface area contributed by atoms with Gasteiger partial charge in [0.1, 0.15) is 11.5 Å². The maximum Gasteiger partial charge on any atom is 0.345 e. The van der Waals surface area contributed by atoms with Crippen molar-refractivity contribution in [1.82, 2.24) is 9.97 Å². The van der Waals surface area contributed by atoms with Gasteiger partial charge in [-0.2, -0.15) is 0 Å². The number of nitrogens with zero attached hydrogens (tertiary/aromatic N) is 1. The number of hydrogen-bond acceptors (Lipinski definition) is 5. The Bertz CT molecular complexity index is 1130. The van der Waals surface area contributed by atoms with Gasteiger partial charge in [0.15, 0.2) is 11.3 Å². The Balaban J connectivity index is 1.69. The molecule has 0 saturated heterocycles. The number of benzene rings is 1. The Hall–Kier alpha value is -3.94. The highest BCUT2D eigenvalue weighted by atomic mass is 19.1. The minimum absolute atomic E-state index is 0.137. The lowest BCUT2D eigenvalue weighted by Crippen LogP contribution is -2.12. The maximum absolute atomic E-state index is 13.0. The Morgan fingerprint density at radius 3 is 2.78 bits per heavy atom. The number of Topliss-reactive ketones (excluding diaryl/α,β-unsaturated/α-hetero) is 1. The second-order valence-corrected chi connectivity index (χ2v) is 5.72. The third kappa shape index (κ3) is 3.04. The van der Waals surface area contributed by atoms with Gasteiger partial charge < -0.3 is 20.1 Å². The van der Waals surface area contributed by atoms with Crippen molar-refractivity contribution in [2.75, 3.05) is 5.32 Å². The van der Waals surface area contributed by atoms with Crippen LogP contribution in [0.4, 0.5) is 10.1 Å². The molecule has 0 radical (unpaired) electrons. The summed E-state index contributed by atoms with van der Waals surface area (Å²) in [6, 6.07) is 8.78. The lowest BCUT2D eigenvalue weighted by atomic mass is 10.1. The molecule has 8 heteroatoms. The van der Waals surface area contributed by atoms with Gasteiger partial charge in [-0.25, -0.2) is 14.2 Å². The van der Waals surface area contributed by atoms with E-state index < -0.39 is 23.1 Å². The van der Waals surface area contributed by atoms with E-state index in [2.05, 4.69) is 15.3 Å². The van der Waals surface area contributed by atoms with E-state index >= 15 is 0 Å². The molecule has 1 aliphatic heterocycles. The monoisotopic (exact) mass is 365 g/mol. The van der Waals surface area contributed by atoms with Crippen molar-refractivity contribution < 1.29 is 23.8 Å². The number of anilines is 1. The Morgan fingerprint density at radius 1 is 1.26 bits per heavy atom. The second kappa shape index (κ2) is 6.41. The summed E-state index contributed by atoms with van der Waals surface area (Å²) in [6.45, 7) is 0. The molecule has 4 rings (SSSR count). The summed E-state index contributed by atoms with van der Waals surface area (Å²) < 4.78 is 18.5. The lowest BCUT2D eigenvalue weighted by molar-refractivity contribution is -0.134. The number of ketones is 1. The molecular formula is C19H12FN3O4. The first kappa shape index (κ1) is 16.5. The maximum atomic E-state index is 13.0. The van der Waals surface area contributed by atoms with E-state index in [0.717, 1.165) is 5.39 Å². The van der Waals surface area contributed by atoms with Crippen LogP contribution < -0.4 is 5.32 Å². The molecule has 7 nitrogen and oxygen atoms in total. The second-order valence-electron chi connectivity index (χ2n) is 5.72. The van der Waals surface area contributed by atoms with Crippen LogP contribution in [0.5, 0.6) is 0 Å². The number of hydrogen-bond donors (Lipinski definition) is 3. The molecule has 0 saturated carbocycles. The number of aliphatic carboxylic acids is 1. The fourth-order valence-corrected chi connectivity index (χ4v) is 2.71. The van der Waals surface area contributed by atoms with E-state index in [1.54, 1.807) is 18.5 Å². The number of carboxylic acid groups (broad SMARTS) is 1. The molecular weight excluding hydrogens is 353 g/mol. The average Bonchev–Trinajstić information content (AvgIpc) is 3.19. The first-order valence-electron chi connectivity index (χ1n) is 7.89. The topological polar surface area (TPSA) is 104 Å². The first-order chi connectivity index (χ1) is 13.0. The number of ether oxygens (including phenoxy) is 1. The summed E-state index contributed by atoms with van der Waals surface area (Å²) in [4.78, 5) is 31.2. The molecule has 3 N–H and O–H groups in total. The van der Waals surface area contributed by atoms with Crippen molar-refractivity contribution >= 4 is 34.5 Å². The molecule has 0 spiro atoms. The van der Waals surface area contributed by atoms with Crippen LogP contribution in [-0.2, 0) is 14.3 Å². The number of allylic oxidation sites excluding steroid dienone is 1. The van der Waals surface area contributed by atoms with Gasteiger partial charge >= 0.3 is 5.97 Å². The van der Waals surface area contributed by atoms with Crippen molar-refractivity contribution in [2.24, 2.45) is 0 Å². The number of fused-ring (bicyclic) bond motifs is 1. The number of aromatic nitrogens is 2. The molecule has 0 bridgehead atoms. The zero-order chi connectivity index (χ0) is 19.0. The number of pyridine rings is 1. The molecule has 0 unspecified atom stereocenters. The van der Waals surface area contributed by atoms with E-state index in [-0.39, 0.29) is 11.6 Å². The molecule has 1 aromatic carbocycles. The summed E-state index contributed by atoms with van der Waals surface area (Å²) in [5.74, 6) is -2.98. The zero-order valence-electron chi connectivity index (χ0n) is 13.7. The average molecular weight is 365 g/mol. The van der Waals surface area contributed by atoms with E-state index in [0.29, 0.717) is 16.9 Å². The summed E-state index contributed by atoms with van der Waals surface area (Å²) >= 11 is 0. The lowest BCUT2D eigenvalue weighted by Gasteiger charge is -2.07. The number of nitrogens with one attached hydrogen (secondary N) is 2. The van der Waals surface area contributed by atoms with E-state index in [9.17, 15) is 19.1 Å². The van der Waals surface area contributed by atoms with Gasteiger partial charge in [0, 0.05) is 29.0 Å². The van der Waals surface area contributed by atoms with Crippen LogP contribution in [0.15, 0.2) is 66.0 Å². The highest BCUT2D eigenvalue weighted by Crippen LogP contribution is 2.29. The summed E-state index contributed by atoms with van der Waals surface area (Å²) in [6.07, 6.45) is 4.72. The number of H-pyrrole nitrogens is 1. The summed E-state index contributed by atoms with van der Waals surface area (Å²) in [5, 5.41) is 12.9. The molecule has 3 heterocycles. The standard InChI is InChI=1S/C19H12FN3O4/c20-11-3-5-12(6-4-11)23-18-15(19(25)26)16(24)14(27-18)8-10-9-22-17-13(10)2-1-7-21-17/h1-9,23H,(H,21,22)(H,25,26)/b14-8-. The Kier molecular flexibility index (Phi) is 3.92. The van der Waals surface area contributed by atoms with Gasteiger partial charge in [0.05, 0.1) is 0 Å². The normalized spacial score (nSPS) is 15.4. The summed E-state index contributed by atoms with van der Waals surface area (Å²) in [5.41, 5.74) is 1.12. The van der Waals surface area contributed by atoms with Crippen LogP contribution in [-0.4, -0.2) is 26.8 Å². The molecule has 0 fully saturated rings. The van der Waals surface area contributed by atoms with Crippen LogP contribution >= 0.6 is 0 Å². The Labute approximate surface area is 151 Å². The number of carboxylic acids is 1. The fourth-order valence-electron chi connectivity index (χ4n) is 2.71. The third-order valence-electron chi connectivity index (χ3n) is 3.98. The predicted molar refractivity (Wildman–Crippen MR) is 94.8 cm³/mol. The van der Waals surface area contributed by atoms with Crippen LogP contribution in [0.1, 0.15) is 5.56 Å². The number of rotatable bonds is 4. The molecule has 0 atom stereocenters. The predicted octanol–water partition coefficient (Wildman–Crippen LogP) is 3.05. The summed E-state index contributed by atoms with van der Waals surface area (Å²) in [7, 11) is 0. The van der Waals surface area contributed by atoms with Crippen molar-refractivity contribution in [3.8, 4) is 0 Å².